The number of nitrogens with one attached hydrogen (secondary N) is 1. The summed E-state index contributed by atoms with van der Waals surface area (Å²) in [5.41, 5.74) is 5.07. The van der Waals surface area contributed by atoms with E-state index in [2.05, 4.69) is 10.5 Å². The highest BCUT2D eigenvalue weighted by atomic mass is 16.5. The van der Waals surface area contributed by atoms with Gasteiger partial charge in [0.15, 0.2) is 6.61 Å². The number of furan rings is 1. The minimum atomic E-state index is -0.576. The molecule has 0 aliphatic carbocycles. The van der Waals surface area contributed by atoms with Gasteiger partial charge in [0.25, 0.3) is 5.91 Å². The van der Waals surface area contributed by atoms with Gasteiger partial charge in [0.05, 0.1) is 12.5 Å². The third-order valence-electron chi connectivity index (χ3n) is 3.97. The van der Waals surface area contributed by atoms with Crippen molar-refractivity contribution < 1.29 is 23.5 Å². The average molecular weight is 392 g/mol. The van der Waals surface area contributed by atoms with Crippen LogP contribution in [0.25, 0.3) is 0 Å². The fourth-order valence-electron chi connectivity index (χ4n) is 2.55. The van der Waals surface area contributed by atoms with E-state index < -0.39 is 5.97 Å². The standard InChI is InChI=1S/C22H20N2O5/c1-15-5-3-6-16(2)21(15)28-14-20(25)24-23-13-17-8-10-18(11-9-17)29-22(26)19-7-4-12-27-19/h3-13H,14H2,1-2H3,(H,24,25). The lowest BCUT2D eigenvalue weighted by atomic mass is 10.1. The molecule has 0 bridgehead atoms. The third kappa shape index (κ3) is 5.55. The van der Waals surface area contributed by atoms with Crippen LogP contribution in [0.1, 0.15) is 27.2 Å². The van der Waals surface area contributed by atoms with Crippen molar-refractivity contribution in [2.24, 2.45) is 5.10 Å². The Labute approximate surface area is 167 Å². The summed E-state index contributed by atoms with van der Waals surface area (Å²) in [4.78, 5) is 23.7. The normalized spacial score (nSPS) is 10.7. The largest absolute Gasteiger partial charge is 0.483 e. The van der Waals surface area contributed by atoms with Crippen molar-refractivity contribution in [2.45, 2.75) is 13.8 Å². The maximum Gasteiger partial charge on any atom is 0.379 e. The topological polar surface area (TPSA) is 90.1 Å². The van der Waals surface area contributed by atoms with Crippen molar-refractivity contribution in [2.75, 3.05) is 6.61 Å². The summed E-state index contributed by atoms with van der Waals surface area (Å²) in [5, 5.41) is 3.90. The maximum absolute atomic E-state index is 11.9. The number of esters is 1. The number of hydrogen-bond donors (Lipinski definition) is 1. The molecule has 148 valence electrons. The van der Waals surface area contributed by atoms with Crippen LogP contribution in [0.15, 0.2) is 70.4 Å². The first-order valence-electron chi connectivity index (χ1n) is 8.89. The first-order valence-corrected chi connectivity index (χ1v) is 8.89. The van der Waals surface area contributed by atoms with Crippen molar-refractivity contribution in [3.8, 4) is 11.5 Å². The van der Waals surface area contributed by atoms with Crippen LogP contribution in [0.3, 0.4) is 0 Å². The fraction of sp³-hybridized carbons (Fsp3) is 0.136. The molecular weight excluding hydrogens is 372 g/mol. The van der Waals surface area contributed by atoms with Gasteiger partial charge < -0.3 is 13.9 Å². The number of carbonyl (C=O) groups excluding carboxylic acids is 2. The summed E-state index contributed by atoms with van der Waals surface area (Å²) >= 11 is 0. The lowest BCUT2D eigenvalue weighted by Crippen LogP contribution is -2.25. The van der Waals surface area contributed by atoms with E-state index in [0.29, 0.717) is 11.5 Å². The predicted molar refractivity (Wildman–Crippen MR) is 107 cm³/mol. The van der Waals surface area contributed by atoms with Crippen LogP contribution < -0.4 is 14.9 Å². The number of carbonyl (C=O) groups is 2. The van der Waals surface area contributed by atoms with E-state index in [1.807, 2.05) is 32.0 Å². The summed E-state index contributed by atoms with van der Waals surface area (Å²) < 4.78 is 15.7. The van der Waals surface area contributed by atoms with E-state index in [0.717, 1.165) is 16.7 Å². The second-order valence-electron chi connectivity index (χ2n) is 6.24. The van der Waals surface area contributed by atoms with E-state index in [9.17, 15) is 9.59 Å². The second-order valence-corrected chi connectivity index (χ2v) is 6.24. The van der Waals surface area contributed by atoms with E-state index in [4.69, 9.17) is 13.9 Å². The van der Waals surface area contributed by atoms with Crippen molar-refractivity contribution >= 4 is 18.1 Å². The molecular formula is C22H20N2O5. The van der Waals surface area contributed by atoms with Gasteiger partial charge >= 0.3 is 5.97 Å². The number of rotatable bonds is 7. The van der Waals surface area contributed by atoms with Gasteiger partial charge in [0.2, 0.25) is 5.76 Å². The fourth-order valence-corrected chi connectivity index (χ4v) is 2.55. The molecule has 2 aromatic carbocycles. The van der Waals surface area contributed by atoms with Gasteiger partial charge in [-0.1, -0.05) is 18.2 Å². The van der Waals surface area contributed by atoms with Crippen molar-refractivity contribution in [3.05, 3.63) is 83.3 Å². The first-order chi connectivity index (χ1) is 14.0. The molecule has 1 amide bonds. The molecule has 0 aliphatic heterocycles. The molecule has 0 saturated heterocycles. The minimum Gasteiger partial charge on any atom is -0.483 e. The Morgan fingerprint density at radius 3 is 2.41 bits per heavy atom. The quantitative estimate of drug-likeness (QED) is 0.287. The highest BCUT2D eigenvalue weighted by Gasteiger charge is 2.11. The number of para-hydroxylation sites is 1. The Hall–Kier alpha value is -3.87. The molecule has 7 nitrogen and oxygen atoms in total. The van der Waals surface area contributed by atoms with Gasteiger partial charge in [-0.15, -0.1) is 0 Å². The average Bonchev–Trinajstić information content (AvgIpc) is 3.24. The minimum absolute atomic E-state index is 0.126. The van der Waals surface area contributed by atoms with Crippen LogP contribution in [0, 0.1) is 13.8 Å². The van der Waals surface area contributed by atoms with Crippen LogP contribution >= 0.6 is 0 Å². The molecule has 0 unspecified atom stereocenters. The second kappa shape index (κ2) is 9.36. The van der Waals surface area contributed by atoms with Crippen LogP contribution in [0.4, 0.5) is 0 Å². The zero-order valence-corrected chi connectivity index (χ0v) is 16.0. The number of aryl methyl sites for hydroxylation is 2. The maximum atomic E-state index is 11.9. The number of ether oxygens (including phenoxy) is 2. The Morgan fingerprint density at radius 1 is 1.03 bits per heavy atom. The molecule has 3 rings (SSSR count). The third-order valence-corrected chi connectivity index (χ3v) is 3.97. The van der Waals surface area contributed by atoms with Gasteiger partial charge in [-0.25, -0.2) is 10.2 Å². The molecule has 1 N–H and O–H groups in total. The van der Waals surface area contributed by atoms with E-state index in [1.165, 1.54) is 18.5 Å². The summed E-state index contributed by atoms with van der Waals surface area (Å²) in [6.07, 6.45) is 2.88. The first kappa shape index (κ1) is 19.9. The Morgan fingerprint density at radius 2 is 1.76 bits per heavy atom. The molecule has 0 saturated carbocycles. The number of hydrogen-bond acceptors (Lipinski definition) is 6. The molecule has 0 aliphatic rings. The number of amides is 1. The lowest BCUT2D eigenvalue weighted by Gasteiger charge is -2.10. The Bertz CT molecular complexity index is 988. The summed E-state index contributed by atoms with van der Waals surface area (Å²) in [7, 11) is 0. The van der Waals surface area contributed by atoms with Gasteiger partial charge in [-0.05, 0) is 66.9 Å². The molecule has 1 aromatic heterocycles. The molecule has 0 atom stereocenters. The van der Waals surface area contributed by atoms with Crippen molar-refractivity contribution in [1.29, 1.82) is 0 Å². The van der Waals surface area contributed by atoms with Crippen molar-refractivity contribution in [3.63, 3.8) is 0 Å². The number of benzene rings is 2. The molecule has 0 radical (unpaired) electrons. The summed E-state index contributed by atoms with van der Waals surface area (Å²) in [6, 6.07) is 15.6. The molecule has 0 fully saturated rings. The van der Waals surface area contributed by atoms with Crippen molar-refractivity contribution in [1.82, 2.24) is 5.43 Å². The van der Waals surface area contributed by atoms with Crippen LogP contribution in [0.5, 0.6) is 11.5 Å². The Kier molecular flexibility index (Phi) is 6.42. The SMILES string of the molecule is Cc1cccc(C)c1OCC(=O)NN=Cc1ccc(OC(=O)c2ccco2)cc1. The lowest BCUT2D eigenvalue weighted by molar-refractivity contribution is -0.123. The van der Waals surface area contributed by atoms with Crippen LogP contribution in [0.2, 0.25) is 0 Å². The summed E-state index contributed by atoms with van der Waals surface area (Å²) in [6.45, 7) is 3.71. The van der Waals surface area contributed by atoms with Gasteiger partial charge in [-0.2, -0.15) is 5.10 Å². The smallest absolute Gasteiger partial charge is 0.379 e. The zero-order valence-electron chi connectivity index (χ0n) is 16.0. The van der Waals surface area contributed by atoms with E-state index in [-0.39, 0.29) is 18.3 Å². The Balaban J connectivity index is 1.47. The highest BCUT2D eigenvalue weighted by Crippen LogP contribution is 2.22. The van der Waals surface area contributed by atoms with Crippen LogP contribution in [-0.4, -0.2) is 24.7 Å². The number of hydrazone groups is 1. The van der Waals surface area contributed by atoms with E-state index in [1.54, 1.807) is 30.3 Å². The van der Waals surface area contributed by atoms with Gasteiger partial charge in [0, 0.05) is 0 Å². The van der Waals surface area contributed by atoms with E-state index >= 15 is 0 Å². The monoisotopic (exact) mass is 392 g/mol. The molecule has 3 aromatic rings. The zero-order chi connectivity index (χ0) is 20.6. The highest BCUT2D eigenvalue weighted by molar-refractivity contribution is 5.88. The number of nitrogens with zero attached hydrogens (tertiary/aromatic N) is 1. The van der Waals surface area contributed by atoms with Gasteiger partial charge in [0.1, 0.15) is 11.5 Å². The molecule has 1 heterocycles. The molecule has 0 spiro atoms. The molecule has 29 heavy (non-hydrogen) atoms. The van der Waals surface area contributed by atoms with Gasteiger partial charge in [-0.3, -0.25) is 4.79 Å². The predicted octanol–water partition coefficient (Wildman–Crippen LogP) is 3.64. The van der Waals surface area contributed by atoms with Crippen LogP contribution in [-0.2, 0) is 4.79 Å². The summed E-state index contributed by atoms with van der Waals surface area (Å²) in [5.74, 6) is 0.253. The molecule has 7 heteroatoms.